The molecule has 0 atom stereocenters. The number of rotatable bonds is 4. The van der Waals surface area contributed by atoms with Crippen molar-refractivity contribution in [2.24, 2.45) is 0 Å². The topological polar surface area (TPSA) is 78.3 Å². The minimum atomic E-state index is -0.501. The van der Waals surface area contributed by atoms with Gasteiger partial charge in [-0.2, -0.15) is 0 Å². The van der Waals surface area contributed by atoms with Crippen molar-refractivity contribution in [3.8, 4) is 5.88 Å². The van der Waals surface area contributed by atoms with Crippen LogP contribution in [0.2, 0.25) is 0 Å². The molecule has 112 valence electrons. The molecule has 1 fully saturated rings. The highest BCUT2D eigenvalue weighted by Gasteiger charge is 2.24. The minimum absolute atomic E-state index is 0.0299. The average Bonchev–Trinajstić information content (AvgIpc) is 2.41. The Bertz CT molecular complexity index is 568. The first-order valence-electron chi connectivity index (χ1n) is 7.37. The fourth-order valence-electron chi connectivity index (χ4n) is 2.95. The van der Waals surface area contributed by atoms with Crippen LogP contribution >= 0.6 is 0 Å². The van der Waals surface area contributed by atoms with E-state index in [1.807, 2.05) is 0 Å². The van der Waals surface area contributed by atoms with Gasteiger partial charge in [0.15, 0.2) is 0 Å². The van der Waals surface area contributed by atoms with Crippen LogP contribution in [0.1, 0.15) is 44.7 Å². The summed E-state index contributed by atoms with van der Waals surface area (Å²) in [6, 6.07) is -0.0299. The molecule has 2 rings (SSSR count). The zero-order chi connectivity index (χ0) is 14.7. The lowest BCUT2D eigenvalue weighted by atomic mass is 10.0. The molecule has 1 aliphatic heterocycles. The molecule has 6 nitrogen and oxygen atoms in total. The van der Waals surface area contributed by atoms with E-state index >= 15 is 0 Å². The monoisotopic (exact) mass is 281 g/mol. The zero-order valence-electron chi connectivity index (χ0n) is 12.2. The highest BCUT2D eigenvalue weighted by Crippen LogP contribution is 2.25. The number of hydrogen-bond acceptors (Lipinski definition) is 4. The number of likely N-dealkylation sites (tertiary alicyclic amines) is 1. The summed E-state index contributed by atoms with van der Waals surface area (Å²) < 4.78 is 1.36. The molecular weight excluding hydrogens is 258 g/mol. The third-order valence-electron chi connectivity index (χ3n) is 4.03. The molecule has 2 N–H and O–H groups in total. The highest BCUT2D eigenvalue weighted by molar-refractivity contribution is 5.23. The Labute approximate surface area is 118 Å². The summed E-state index contributed by atoms with van der Waals surface area (Å²) in [6.45, 7) is 6.86. The Balaban J connectivity index is 2.26. The molecule has 6 heteroatoms. The van der Waals surface area contributed by atoms with Crippen molar-refractivity contribution in [2.75, 3.05) is 19.6 Å². The predicted molar refractivity (Wildman–Crippen MR) is 77.4 cm³/mol. The van der Waals surface area contributed by atoms with Crippen molar-refractivity contribution in [1.82, 2.24) is 14.5 Å². The summed E-state index contributed by atoms with van der Waals surface area (Å²) in [4.78, 5) is 28.3. The van der Waals surface area contributed by atoms with Gasteiger partial charge in [-0.1, -0.05) is 13.8 Å². The van der Waals surface area contributed by atoms with Gasteiger partial charge in [-0.05, 0) is 32.2 Å². The maximum Gasteiger partial charge on any atom is 0.331 e. The summed E-state index contributed by atoms with van der Waals surface area (Å²) in [5.74, 6) is -0.157. The van der Waals surface area contributed by atoms with Gasteiger partial charge in [0.1, 0.15) is 0 Å². The maximum atomic E-state index is 12.0. The van der Waals surface area contributed by atoms with Crippen molar-refractivity contribution in [1.29, 1.82) is 0 Å². The number of nitrogens with one attached hydrogen (secondary N) is 1. The van der Waals surface area contributed by atoms with E-state index in [-0.39, 0.29) is 11.9 Å². The molecular formula is C14H23N3O3. The Hall–Kier alpha value is -1.56. The van der Waals surface area contributed by atoms with Crippen molar-refractivity contribution in [2.45, 2.75) is 45.6 Å². The highest BCUT2D eigenvalue weighted by atomic mass is 16.3. The van der Waals surface area contributed by atoms with Gasteiger partial charge in [0.2, 0.25) is 5.88 Å². The van der Waals surface area contributed by atoms with E-state index < -0.39 is 11.2 Å². The van der Waals surface area contributed by atoms with E-state index in [1.165, 1.54) is 4.57 Å². The maximum absolute atomic E-state index is 12.0. The van der Waals surface area contributed by atoms with Crippen LogP contribution in [-0.4, -0.2) is 39.2 Å². The van der Waals surface area contributed by atoms with Gasteiger partial charge in [-0.3, -0.25) is 14.3 Å². The van der Waals surface area contributed by atoms with Crippen LogP contribution < -0.4 is 11.2 Å². The molecule has 0 spiro atoms. The quantitative estimate of drug-likeness (QED) is 0.857. The lowest BCUT2D eigenvalue weighted by Crippen LogP contribution is -2.40. The molecule has 1 aromatic rings. The molecule has 0 radical (unpaired) electrons. The SMILES string of the molecule is CCCN1CCC(n2c(O)c(CC)c(=O)[nH]c2=O)CC1. The molecule has 0 unspecified atom stereocenters. The molecule has 0 amide bonds. The number of nitrogens with zero attached hydrogens (tertiary/aromatic N) is 2. The summed E-state index contributed by atoms with van der Waals surface area (Å²) in [6.07, 6.45) is 3.18. The first kappa shape index (κ1) is 14.8. The van der Waals surface area contributed by atoms with Gasteiger partial charge in [-0.25, -0.2) is 4.79 Å². The fraction of sp³-hybridized carbons (Fsp3) is 0.714. The summed E-state index contributed by atoms with van der Waals surface area (Å²) in [5, 5.41) is 10.2. The summed E-state index contributed by atoms with van der Waals surface area (Å²) >= 11 is 0. The normalized spacial score (nSPS) is 17.5. The van der Waals surface area contributed by atoms with Crippen LogP contribution in [0.15, 0.2) is 9.59 Å². The Morgan fingerprint density at radius 2 is 1.90 bits per heavy atom. The second-order valence-electron chi connectivity index (χ2n) is 5.36. The van der Waals surface area contributed by atoms with Gasteiger partial charge < -0.3 is 10.0 Å². The number of H-pyrrole nitrogens is 1. The molecule has 0 saturated carbocycles. The molecule has 2 heterocycles. The largest absolute Gasteiger partial charge is 0.494 e. The number of piperidine rings is 1. The van der Waals surface area contributed by atoms with Crippen LogP contribution in [0.4, 0.5) is 0 Å². The number of hydrogen-bond donors (Lipinski definition) is 2. The van der Waals surface area contributed by atoms with Gasteiger partial charge in [-0.15, -0.1) is 0 Å². The standard InChI is InChI=1S/C14H23N3O3/c1-3-7-16-8-5-10(6-9-16)17-13(19)11(4-2)12(18)15-14(17)20/h10,19H,3-9H2,1-2H3,(H,15,18,20). The van der Waals surface area contributed by atoms with Gasteiger partial charge in [0.25, 0.3) is 5.56 Å². The predicted octanol–water partition coefficient (Wildman–Crippen LogP) is 0.852. The van der Waals surface area contributed by atoms with Gasteiger partial charge in [0.05, 0.1) is 5.56 Å². The van der Waals surface area contributed by atoms with Crippen molar-refractivity contribution >= 4 is 0 Å². The van der Waals surface area contributed by atoms with E-state index in [0.717, 1.165) is 38.9 Å². The van der Waals surface area contributed by atoms with Crippen molar-refractivity contribution < 1.29 is 5.11 Å². The third kappa shape index (κ3) is 2.80. The van der Waals surface area contributed by atoms with Crippen LogP contribution in [0.25, 0.3) is 0 Å². The van der Waals surface area contributed by atoms with Crippen molar-refractivity contribution in [3.05, 3.63) is 26.4 Å². The van der Waals surface area contributed by atoms with Crippen LogP contribution in [0, 0.1) is 0 Å². The molecule has 0 bridgehead atoms. The second-order valence-corrected chi connectivity index (χ2v) is 5.36. The Kier molecular flexibility index (Phi) is 4.65. The fourth-order valence-corrected chi connectivity index (χ4v) is 2.95. The Morgan fingerprint density at radius 3 is 2.45 bits per heavy atom. The lowest BCUT2D eigenvalue weighted by Gasteiger charge is -2.32. The molecule has 0 aromatic carbocycles. The second kappa shape index (κ2) is 6.26. The van der Waals surface area contributed by atoms with E-state index in [9.17, 15) is 14.7 Å². The first-order chi connectivity index (χ1) is 9.58. The van der Waals surface area contributed by atoms with Gasteiger partial charge in [0, 0.05) is 19.1 Å². The van der Waals surface area contributed by atoms with Crippen LogP contribution in [0.5, 0.6) is 5.88 Å². The van der Waals surface area contributed by atoms with E-state index in [4.69, 9.17) is 0 Å². The zero-order valence-corrected chi connectivity index (χ0v) is 12.2. The van der Waals surface area contributed by atoms with E-state index in [1.54, 1.807) is 6.92 Å². The van der Waals surface area contributed by atoms with Crippen LogP contribution in [-0.2, 0) is 6.42 Å². The summed E-state index contributed by atoms with van der Waals surface area (Å²) in [7, 11) is 0. The van der Waals surface area contributed by atoms with Crippen molar-refractivity contribution in [3.63, 3.8) is 0 Å². The molecule has 0 aliphatic carbocycles. The van der Waals surface area contributed by atoms with Gasteiger partial charge >= 0.3 is 5.69 Å². The Morgan fingerprint density at radius 1 is 1.25 bits per heavy atom. The van der Waals surface area contributed by atoms with E-state index in [2.05, 4.69) is 16.8 Å². The van der Waals surface area contributed by atoms with E-state index in [0.29, 0.717) is 12.0 Å². The lowest BCUT2D eigenvalue weighted by molar-refractivity contribution is 0.177. The molecule has 20 heavy (non-hydrogen) atoms. The average molecular weight is 281 g/mol. The number of aromatic nitrogens is 2. The first-order valence-corrected chi connectivity index (χ1v) is 7.37. The minimum Gasteiger partial charge on any atom is -0.494 e. The molecule has 1 aliphatic rings. The number of aromatic hydroxyl groups is 1. The molecule has 1 saturated heterocycles. The third-order valence-corrected chi connectivity index (χ3v) is 4.03. The summed E-state index contributed by atoms with van der Waals surface area (Å²) in [5.41, 5.74) is -0.686. The molecule has 1 aromatic heterocycles. The smallest absolute Gasteiger partial charge is 0.331 e. The van der Waals surface area contributed by atoms with Crippen LogP contribution in [0.3, 0.4) is 0 Å². The number of aromatic amines is 1.